The van der Waals surface area contributed by atoms with Gasteiger partial charge in [-0.1, -0.05) is 42.5 Å². The number of rotatable bonds is 9. The molecule has 1 aliphatic rings. The van der Waals surface area contributed by atoms with Crippen molar-refractivity contribution in [3.05, 3.63) is 59.1 Å². The molecule has 0 saturated heterocycles. The number of nitrogens with zero attached hydrogens (tertiary/aromatic N) is 1. The van der Waals surface area contributed by atoms with Crippen LogP contribution in [0.5, 0.6) is 5.75 Å². The van der Waals surface area contributed by atoms with Gasteiger partial charge in [-0.3, -0.25) is 13.2 Å². The lowest BCUT2D eigenvalue weighted by molar-refractivity contribution is -0.00170. The van der Waals surface area contributed by atoms with Crippen molar-refractivity contribution in [2.24, 2.45) is 5.41 Å². The summed E-state index contributed by atoms with van der Waals surface area (Å²) < 4.78 is 47.2. The van der Waals surface area contributed by atoms with Crippen molar-refractivity contribution in [1.82, 2.24) is 4.98 Å². The zero-order valence-corrected chi connectivity index (χ0v) is 19.2. The maximum absolute atomic E-state index is 13.7. The fraction of sp³-hybridized carbons (Fsp3) is 0.400. The highest BCUT2D eigenvalue weighted by Crippen LogP contribution is 2.42. The highest BCUT2D eigenvalue weighted by molar-refractivity contribution is 7.15. The van der Waals surface area contributed by atoms with Gasteiger partial charge in [0.2, 0.25) is 0 Å². The average molecular weight is 477 g/mol. The summed E-state index contributed by atoms with van der Waals surface area (Å²) in [5, 5.41) is 14.1. The Balaban J connectivity index is 1.74. The zero-order valence-electron chi connectivity index (χ0n) is 18.4. The van der Waals surface area contributed by atoms with E-state index in [1.54, 1.807) is 6.07 Å². The van der Waals surface area contributed by atoms with E-state index in [2.05, 4.69) is 10.3 Å². The fourth-order valence-corrected chi connectivity index (χ4v) is 4.98. The van der Waals surface area contributed by atoms with Gasteiger partial charge in [-0.2, -0.15) is 0 Å². The molecule has 4 rings (SSSR count). The van der Waals surface area contributed by atoms with Crippen LogP contribution in [0.4, 0.5) is 24.0 Å². The lowest BCUT2D eigenvalue weighted by Gasteiger charge is -2.32. The highest BCUT2D eigenvalue weighted by Gasteiger charge is 2.40. The minimum atomic E-state index is -1.87. The molecule has 1 aromatic heterocycles. The Morgan fingerprint density at radius 3 is 2.52 bits per heavy atom. The van der Waals surface area contributed by atoms with Gasteiger partial charge in [-0.05, 0) is 37.8 Å². The molecule has 0 spiro atoms. The Hall–Kier alpha value is -2.58. The molecule has 1 heterocycles. The molecule has 2 unspecified atom stereocenters. The maximum Gasteiger partial charge on any atom is 0.187 e. The van der Waals surface area contributed by atoms with Crippen molar-refractivity contribution < 1.29 is 23.0 Å². The topological polar surface area (TPSA) is 54.4 Å². The number of halogens is 3. The molecule has 1 aliphatic carbocycles. The molecule has 2 atom stereocenters. The monoisotopic (exact) mass is 476 g/mol. The van der Waals surface area contributed by atoms with Gasteiger partial charge in [0.15, 0.2) is 10.9 Å². The third-order valence-corrected chi connectivity index (χ3v) is 7.27. The minimum absolute atomic E-state index is 0.365. The second-order valence-corrected chi connectivity index (χ2v) is 9.52. The lowest BCUT2D eigenvalue weighted by atomic mass is 9.87. The summed E-state index contributed by atoms with van der Waals surface area (Å²) in [7, 11) is 0. The quantitative estimate of drug-likeness (QED) is 0.366. The fourth-order valence-electron chi connectivity index (χ4n) is 3.91. The number of anilines is 2. The summed E-state index contributed by atoms with van der Waals surface area (Å²) >= 11 is 1.46. The van der Waals surface area contributed by atoms with Gasteiger partial charge < -0.3 is 15.2 Å². The molecule has 33 heavy (non-hydrogen) atoms. The summed E-state index contributed by atoms with van der Waals surface area (Å²) in [5.74, 6) is 0.365. The molecule has 0 saturated carbocycles. The predicted octanol–water partition coefficient (Wildman–Crippen LogP) is 6.59. The van der Waals surface area contributed by atoms with Gasteiger partial charge >= 0.3 is 0 Å². The number of benzene rings is 2. The smallest absolute Gasteiger partial charge is 0.187 e. The van der Waals surface area contributed by atoms with E-state index in [1.165, 1.54) is 18.3 Å². The van der Waals surface area contributed by atoms with Crippen molar-refractivity contribution in [2.75, 3.05) is 25.3 Å². The van der Waals surface area contributed by atoms with Crippen molar-refractivity contribution in [3.8, 4) is 16.9 Å². The molecule has 0 bridgehead atoms. The number of aliphatic hydroxyl groups is 1. The number of para-hydroxylation sites is 1. The van der Waals surface area contributed by atoms with Gasteiger partial charge in [-0.15, -0.1) is 11.3 Å². The Bertz CT molecular complexity index is 1060. The molecule has 176 valence electrons. The summed E-state index contributed by atoms with van der Waals surface area (Å²) in [6, 6.07) is 14.9. The molecule has 0 amide bonds. The Labute approximate surface area is 195 Å². The summed E-state index contributed by atoms with van der Waals surface area (Å²) in [5.41, 5.74) is 0.929. The third-order valence-electron chi connectivity index (χ3n) is 6.22. The zero-order chi connectivity index (χ0) is 23.4. The largest absolute Gasteiger partial charge is 0.487 e. The van der Waals surface area contributed by atoms with Crippen molar-refractivity contribution in [1.29, 1.82) is 0 Å². The number of hydrogen-bond donors (Lipinski definition) is 2. The first kappa shape index (κ1) is 23.6. The van der Waals surface area contributed by atoms with Gasteiger partial charge in [0.25, 0.3) is 0 Å². The van der Waals surface area contributed by atoms with E-state index >= 15 is 0 Å². The SMILES string of the molecule is CC(Oc1c(Nc2nc3c(s2)CCCC3O)cccc1-c1ccccc1)C(CF)(CF)CF. The molecule has 3 aromatic rings. The summed E-state index contributed by atoms with van der Waals surface area (Å²) in [4.78, 5) is 5.61. The number of hydrogen-bond acceptors (Lipinski definition) is 5. The standard InChI is InChI=1S/C25H27F3N2O2S/c1-16(25(13-26,14-27)15-28)32-23-18(17-7-3-2-4-8-17)9-5-10-19(23)29-24-30-22-20(31)11-6-12-21(22)33-24/h2-5,7-10,16,20,31H,6,11-15H2,1H3,(H,29,30). The molecular formula is C25H27F3N2O2S. The molecular weight excluding hydrogens is 449 g/mol. The molecule has 0 fully saturated rings. The first-order valence-corrected chi connectivity index (χ1v) is 11.8. The van der Waals surface area contributed by atoms with Crippen LogP contribution in [0.15, 0.2) is 48.5 Å². The van der Waals surface area contributed by atoms with Crippen molar-refractivity contribution in [2.45, 2.75) is 38.4 Å². The number of aromatic nitrogens is 1. The third kappa shape index (κ3) is 4.73. The number of nitrogens with one attached hydrogen (secondary N) is 1. The number of aryl methyl sites for hydroxylation is 1. The normalized spacial score (nSPS) is 16.8. The summed E-state index contributed by atoms with van der Waals surface area (Å²) in [6.07, 6.45) is 0.814. The van der Waals surface area contributed by atoms with Crippen LogP contribution < -0.4 is 10.1 Å². The molecule has 0 radical (unpaired) electrons. The van der Waals surface area contributed by atoms with Crippen LogP contribution in [0.1, 0.15) is 36.4 Å². The average Bonchev–Trinajstić information content (AvgIpc) is 3.26. The Morgan fingerprint density at radius 1 is 1.12 bits per heavy atom. The lowest BCUT2D eigenvalue weighted by Crippen LogP contribution is -2.43. The number of fused-ring (bicyclic) bond motifs is 1. The van der Waals surface area contributed by atoms with Crippen molar-refractivity contribution in [3.63, 3.8) is 0 Å². The molecule has 8 heteroatoms. The van der Waals surface area contributed by atoms with Crippen LogP contribution in [0, 0.1) is 5.41 Å². The second-order valence-electron chi connectivity index (χ2n) is 8.43. The molecule has 2 aromatic carbocycles. The van der Waals surface area contributed by atoms with Gasteiger partial charge in [0, 0.05) is 10.4 Å². The first-order chi connectivity index (χ1) is 16.0. The second kappa shape index (κ2) is 10.1. The van der Waals surface area contributed by atoms with E-state index in [9.17, 15) is 18.3 Å². The number of aliphatic hydroxyl groups excluding tert-OH is 1. The first-order valence-electron chi connectivity index (χ1n) is 11.0. The van der Waals surface area contributed by atoms with E-state index in [0.29, 0.717) is 34.2 Å². The number of alkyl halides is 3. The highest BCUT2D eigenvalue weighted by atomic mass is 32.1. The van der Waals surface area contributed by atoms with Crippen LogP contribution in [0.25, 0.3) is 11.1 Å². The molecule has 4 nitrogen and oxygen atoms in total. The Morgan fingerprint density at radius 2 is 1.85 bits per heavy atom. The van der Waals surface area contributed by atoms with Gasteiger partial charge in [0.1, 0.15) is 26.1 Å². The van der Waals surface area contributed by atoms with E-state index in [0.717, 1.165) is 23.3 Å². The van der Waals surface area contributed by atoms with E-state index < -0.39 is 37.6 Å². The Kier molecular flexibility index (Phi) is 7.24. The van der Waals surface area contributed by atoms with Crippen LogP contribution >= 0.6 is 11.3 Å². The molecule has 2 N–H and O–H groups in total. The van der Waals surface area contributed by atoms with Crippen LogP contribution in [-0.2, 0) is 6.42 Å². The maximum atomic E-state index is 13.7. The van der Waals surface area contributed by atoms with E-state index in [1.807, 2.05) is 42.5 Å². The number of ether oxygens (including phenoxy) is 1. The predicted molar refractivity (Wildman–Crippen MR) is 126 cm³/mol. The summed E-state index contributed by atoms with van der Waals surface area (Å²) in [6.45, 7) is -2.03. The minimum Gasteiger partial charge on any atom is -0.487 e. The van der Waals surface area contributed by atoms with Crippen LogP contribution in [0.2, 0.25) is 0 Å². The van der Waals surface area contributed by atoms with E-state index in [4.69, 9.17) is 4.74 Å². The van der Waals surface area contributed by atoms with Gasteiger partial charge in [-0.25, -0.2) is 4.98 Å². The van der Waals surface area contributed by atoms with Crippen LogP contribution in [-0.4, -0.2) is 36.2 Å². The van der Waals surface area contributed by atoms with Crippen LogP contribution in [0.3, 0.4) is 0 Å². The number of thiazole rings is 1. The molecule has 0 aliphatic heterocycles. The van der Waals surface area contributed by atoms with Crippen molar-refractivity contribution >= 4 is 22.2 Å². The van der Waals surface area contributed by atoms with E-state index in [-0.39, 0.29) is 0 Å². The van der Waals surface area contributed by atoms with Gasteiger partial charge in [0.05, 0.1) is 22.9 Å².